The van der Waals surface area contributed by atoms with Crippen LogP contribution in [0.1, 0.15) is 25.8 Å². The molecule has 0 radical (unpaired) electrons. The zero-order valence-electron chi connectivity index (χ0n) is 9.51. The fraction of sp³-hybridized carbons (Fsp3) is 0.417. The molecule has 0 unspecified atom stereocenters. The lowest BCUT2D eigenvalue weighted by Gasteiger charge is -2.28. The zero-order chi connectivity index (χ0) is 13.3. The first-order valence-corrected chi connectivity index (χ1v) is 5.40. The van der Waals surface area contributed by atoms with E-state index in [1.165, 1.54) is 0 Å². The summed E-state index contributed by atoms with van der Waals surface area (Å²) in [4.78, 5) is 10.4. The maximum atomic E-state index is 13.2. The number of halogens is 3. The number of hydrogen-bond acceptors (Lipinski definition) is 1. The van der Waals surface area contributed by atoms with Gasteiger partial charge in [0.15, 0.2) is 0 Å². The molecule has 0 aliphatic carbocycles. The number of rotatable bonds is 4. The van der Waals surface area contributed by atoms with Gasteiger partial charge in [-0.3, -0.25) is 0 Å². The van der Waals surface area contributed by atoms with E-state index in [4.69, 9.17) is 16.7 Å². The van der Waals surface area contributed by atoms with E-state index in [9.17, 15) is 13.6 Å². The van der Waals surface area contributed by atoms with Crippen molar-refractivity contribution in [1.29, 1.82) is 0 Å². The van der Waals surface area contributed by atoms with E-state index in [2.05, 4.69) is 0 Å². The topological polar surface area (TPSA) is 37.3 Å². The van der Waals surface area contributed by atoms with Gasteiger partial charge in [-0.1, -0.05) is 37.6 Å². The Labute approximate surface area is 103 Å². The molecule has 0 atom stereocenters. The van der Waals surface area contributed by atoms with E-state index in [0.717, 1.165) is 0 Å². The highest BCUT2D eigenvalue weighted by Gasteiger charge is 2.44. The van der Waals surface area contributed by atoms with Gasteiger partial charge in [-0.05, 0) is 23.1 Å². The Morgan fingerprint density at radius 1 is 1.29 bits per heavy atom. The van der Waals surface area contributed by atoms with E-state index in [1.54, 1.807) is 38.1 Å². The lowest BCUT2D eigenvalue weighted by atomic mass is 9.79. The molecule has 0 aliphatic heterocycles. The fourth-order valence-corrected chi connectivity index (χ4v) is 1.76. The van der Waals surface area contributed by atoms with Crippen molar-refractivity contribution >= 4 is 17.6 Å². The predicted octanol–water partition coefficient (Wildman–Crippen LogP) is 3.73. The van der Waals surface area contributed by atoms with Gasteiger partial charge in [0.25, 0.3) is 0 Å². The Balaban J connectivity index is 2.96. The molecule has 0 fully saturated rings. The molecular formula is C12H13ClF2O2. The average Bonchev–Trinajstić information content (AvgIpc) is 2.16. The maximum absolute atomic E-state index is 13.2. The van der Waals surface area contributed by atoms with Gasteiger partial charge in [-0.25, -0.2) is 4.79 Å². The third-order valence-corrected chi connectivity index (χ3v) is 2.85. The quantitative estimate of drug-likeness (QED) is 0.898. The van der Waals surface area contributed by atoms with Crippen molar-refractivity contribution in [3.8, 4) is 0 Å². The molecule has 1 aromatic carbocycles. The van der Waals surface area contributed by atoms with Crippen molar-refractivity contribution in [3.05, 3.63) is 34.9 Å². The summed E-state index contributed by atoms with van der Waals surface area (Å²) in [6.07, 6.45) is -0.753. The van der Waals surface area contributed by atoms with Gasteiger partial charge in [-0.2, -0.15) is 8.78 Å². The zero-order valence-corrected chi connectivity index (χ0v) is 10.3. The first-order valence-electron chi connectivity index (χ1n) is 5.02. The van der Waals surface area contributed by atoms with Crippen molar-refractivity contribution in [2.75, 3.05) is 0 Å². The van der Waals surface area contributed by atoms with Crippen LogP contribution < -0.4 is 0 Å². The molecule has 1 N–H and O–H groups in total. The summed E-state index contributed by atoms with van der Waals surface area (Å²) in [5.74, 6) is -5.83. The van der Waals surface area contributed by atoms with Crippen LogP contribution in [0.15, 0.2) is 24.3 Å². The van der Waals surface area contributed by atoms with Gasteiger partial charge in [0.2, 0.25) is 0 Å². The normalized spacial score (nSPS) is 12.5. The Kier molecular flexibility index (Phi) is 3.77. The number of aliphatic carboxylic acids is 1. The summed E-state index contributed by atoms with van der Waals surface area (Å²) >= 11 is 5.70. The molecule has 0 spiro atoms. The fourth-order valence-electron chi connectivity index (χ4n) is 1.63. The smallest absolute Gasteiger partial charge is 0.374 e. The van der Waals surface area contributed by atoms with E-state index < -0.39 is 23.7 Å². The molecule has 1 aromatic rings. The van der Waals surface area contributed by atoms with Gasteiger partial charge in [-0.15, -0.1) is 0 Å². The van der Waals surface area contributed by atoms with Crippen molar-refractivity contribution in [1.82, 2.24) is 0 Å². The summed E-state index contributed by atoms with van der Waals surface area (Å²) in [6.45, 7) is 3.15. The molecule has 94 valence electrons. The first kappa shape index (κ1) is 13.9. The third kappa shape index (κ3) is 3.40. The van der Waals surface area contributed by atoms with Crippen LogP contribution in [0.4, 0.5) is 8.78 Å². The van der Waals surface area contributed by atoms with Crippen LogP contribution in [0.5, 0.6) is 0 Å². The number of carbonyl (C=O) groups is 1. The van der Waals surface area contributed by atoms with E-state index >= 15 is 0 Å². The lowest BCUT2D eigenvalue weighted by Crippen LogP contribution is -2.36. The van der Waals surface area contributed by atoms with Gasteiger partial charge in [0.05, 0.1) is 0 Å². The summed E-state index contributed by atoms with van der Waals surface area (Å²) in [6, 6.07) is 6.44. The second kappa shape index (κ2) is 4.61. The number of benzene rings is 1. The average molecular weight is 263 g/mol. The minimum Gasteiger partial charge on any atom is -0.477 e. The monoisotopic (exact) mass is 262 g/mol. The summed E-state index contributed by atoms with van der Waals surface area (Å²) in [5, 5.41) is 8.93. The molecule has 2 nitrogen and oxygen atoms in total. The molecule has 0 saturated heterocycles. The summed E-state index contributed by atoms with van der Waals surface area (Å²) < 4.78 is 26.4. The molecule has 17 heavy (non-hydrogen) atoms. The Morgan fingerprint density at radius 2 is 1.76 bits per heavy atom. The first-order chi connectivity index (χ1) is 7.65. The molecule has 0 bridgehead atoms. The highest BCUT2D eigenvalue weighted by atomic mass is 35.5. The largest absolute Gasteiger partial charge is 0.477 e. The molecule has 1 rings (SSSR count). The van der Waals surface area contributed by atoms with E-state index in [0.29, 0.717) is 10.6 Å². The molecule has 0 aromatic heterocycles. The van der Waals surface area contributed by atoms with Gasteiger partial charge in [0, 0.05) is 11.4 Å². The van der Waals surface area contributed by atoms with E-state index in [1.807, 2.05) is 0 Å². The van der Waals surface area contributed by atoms with Crippen LogP contribution in [-0.2, 0) is 10.2 Å². The summed E-state index contributed by atoms with van der Waals surface area (Å²) in [7, 11) is 0. The third-order valence-electron chi connectivity index (χ3n) is 2.60. The number of carboxylic acid groups (broad SMARTS) is 1. The summed E-state index contributed by atoms with van der Waals surface area (Å²) in [5.41, 5.74) is -0.310. The van der Waals surface area contributed by atoms with Gasteiger partial charge < -0.3 is 5.11 Å². The second-order valence-electron chi connectivity index (χ2n) is 4.58. The van der Waals surface area contributed by atoms with Crippen LogP contribution >= 0.6 is 11.6 Å². The van der Waals surface area contributed by atoms with Gasteiger partial charge in [0.1, 0.15) is 0 Å². The van der Waals surface area contributed by atoms with Crippen molar-refractivity contribution in [2.24, 2.45) is 0 Å². The minimum atomic E-state index is -3.73. The molecule has 0 amide bonds. The Hall–Kier alpha value is -1.16. The van der Waals surface area contributed by atoms with Crippen LogP contribution in [0, 0.1) is 0 Å². The van der Waals surface area contributed by atoms with Crippen LogP contribution in [0.25, 0.3) is 0 Å². The van der Waals surface area contributed by atoms with E-state index in [-0.39, 0.29) is 0 Å². The van der Waals surface area contributed by atoms with Crippen LogP contribution in [-0.4, -0.2) is 17.0 Å². The Morgan fingerprint density at radius 3 is 2.18 bits per heavy atom. The number of alkyl halides is 2. The van der Waals surface area contributed by atoms with Crippen molar-refractivity contribution in [2.45, 2.75) is 31.6 Å². The number of hydrogen-bond donors (Lipinski definition) is 1. The second-order valence-corrected chi connectivity index (χ2v) is 5.01. The number of carboxylic acids is 1. The van der Waals surface area contributed by atoms with Gasteiger partial charge >= 0.3 is 11.9 Å². The minimum absolute atomic E-state index is 0.509. The van der Waals surface area contributed by atoms with Crippen molar-refractivity contribution < 1.29 is 18.7 Å². The van der Waals surface area contributed by atoms with Crippen molar-refractivity contribution in [3.63, 3.8) is 0 Å². The molecule has 0 saturated carbocycles. The molecule has 0 heterocycles. The standard InChI is InChI=1S/C12H13ClF2O2/c1-11(2,7-12(14,15)10(16)17)8-3-5-9(13)6-4-8/h3-6H,7H2,1-2H3,(H,16,17). The highest BCUT2D eigenvalue weighted by molar-refractivity contribution is 6.30. The van der Waals surface area contributed by atoms with Crippen LogP contribution in [0.2, 0.25) is 5.02 Å². The predicted molar refractivity (Wildman–Crippen MR) is 61.7 cm³/mol. The molecule has 5 heteroatoms. The molecular weight excluding hydrogens is 250 g/mol. The molecule has 0 aliphatic rings. The SMILES string of the molecule is CC(C)(CC(F)(F)C(=O)O)c1ccc(Cl)cc1. The lowest BCUT2D eigenvalue weighted by molar-refractivity contribution is -0.167. The Bertz CT molecular complexity index is 413. The maximum Gasteiger partial charge on any atom is 0.374 e. The van der Waals surface area contributed by atoms with Crippen LogP contribution in [0.3, 0.4) is 0 Å². The highest BCUT2D eigenvalue weighted by Crippen LogP contribution is 2.35.